The first-order chi connectivity index (χ1) is 9.69. The van der Waals surface area contributed by atoms with Crippen molar-refractivity contribution in [1.82, 2.24) is 20.1 Å². The van der Waals surface area contributed by atoms with Crippen LogP contribution in [0.15, 0.2) is 10.9 Å². The fraction of sp³-hybridized carbons (Fsp3) is 0.538. The Balaban J connectivity index is 1.80. The second-order valence-electron chi connectivity index (χ2n) is 4.92. The third-order valence-corrected chi connectivity index (χ3v) is 3.56. The maximum atomic E-state index is 14.2. The van der Waals surface area contributed by atoms with Crippen molar-refractivity contribution in [2.45, 2.75) is 32.6 Å². The summed E-state index contributed by atoms with van der Waals surface area (Å²) in [5, 5.41) is 3.80. The molecule has 6 nitrogen and oxygen atoms in total. The van der Waals surface area contributed by atoms with Crippen LogP contribution in [0.2, 0.25) is 0 Å². The molecule has 1 aliphatic rings. The minimum Gasteiger partial charge on any atom is -0.353 e. The van der Waals surface area contributed by atoms with Crippen molar-refractivity contribution in [3.05, 3.63) is 29.6 Å². The zero-order valence-corrected chi connectivity index (χ0v) is 11.5. The van der Waals surface area contributed by atoms with Gasteiger partial charge < -0.3 is 9.42 Å². The summed E-state index contributed by atoms with van der Waals surface area (Å²) < 4.78 is 19.4. The molecule has 7 heteroatoms. The first-order valence-electron chi connectivity index (χ1n) is 6.73. The van der Waals surface area contributed by atoms with E-state index in [1.807, 2.05) is 11.8 Å². The molecule has 1 aliphatic heterocycles. The maximum Gasteiger partial charge on any atom is 0.231 e. The lowest BCUT2D eigenvalue weighted by molar-refractivity contribution is 0.356. The van der Waals surface area contributed by atoms with Crippen LogP contribution in [0.3, 0.4) is 0 Å². The molecule has 1 saturated heterocycles. The van der Waals surface area contributed by atoms with Crippen molar-refractivity contribution < 1.29 is 8.91 Å². The zero-order chi connectivity index (χ0) is 14.1. The fourth-order valence-corrected chi connectivity index (χ4v) is 2.50. The van der Waals surface area contributed by atoms with Crippen molar-refractivity contribution in [3.8, 4) is 0 Å². The third-order valence-electron chi connectivity index (χ3n) is 3.56. The Morgan fingerprint density at radius 3 is 3.00 bits per heavy atom. The number of halogens is 1. The van der Waals surface area contributed by atoms with Crippen molar-refractivity contribution in [3.63, 3.8) is 0 Å². The Hall–Kier alpha value is -2.05. The molecule has 106 valence electrons. The molecule has 0 unspecified atom stereocenters. The van der Waals surface area contributed by atoms with Gasteiger partial charge in [0.1, 0.15) is 6.33 Å². The fourth-order valence-electron chi connectivity index (χ4n) is 2.50. The van der Waals surface area contributed by atoms with Crippen LogP contribution in [-0.2, 0) is 6.42 Å². The number of anilines is 1. The van der Waals surface area contributed by atoms with E-state index in [0.717, 1.165) is 13.0 Å². The summed E-state index contributed by atoms with van der Waals surface area (Å²) >= 11 is 0. The molecular weight excluding hydrogens is 261 g/mol. The molecule has 3 heterocycles. The summed E-state index contributed by atoms with van der Waals surface area (Å²) in [6.07, 6.45) is 2.83. The van der Waals surface area contributed by atoms with Gasteiger partial charge in [0, 0.05) is 13.1 Å². The molecule has 1 fully saturated rings. The molecule has 2 aromatic heterocycles. The van der Waals surface area contributed by atoms with Crippen molar-refractivity contribution in [2.24, 2.45) is 0 Å². The first-order valence-corrected chi connectivity index (χ1v) is 6.73. The summed E-state index contributed by atoms with van der Waals surface area (Å²) in [7, 11) is 0. The van der Waals surface area contributed by atoms with Crippen LogP contribution in [0.5, 0.6) is 0 Å². The molecule has 0 saturated carbocycles. The molecule has 0 amide bonds. The Morgan fingerprint density at radius 1 is 1.45 bits per heavy atom. The lowest BCUT2D eigenvalue weighted by Crippen LogP contribution is -2.22. The maximum absolute atomic E-state index is 14.2. The smallest absolute Gasteiger partial charge is 0.231 e. The highest BCUT2D eigenvalue weighted by Gasteiger charge is 2.30. The molecule has 2 aromatic rings. The van der Waals surface area contributed by atoms with E-state index in [0.29, 0.717) is 36.2 Å². The van der Waals surface area contributed by atoms with Crippen LogP contribution in [-0.4, -0.2) is 33.2 Å². The minimum atomic E-state index is -0.322. The number of aryl methyl sites for hydroxylation is 2. The zero-order valence-electron chi connectivity index (χ0n) is 11.5. The molecule has 0 aromatic carbocycles. The molecule has 0 aliphatic carbocycles. The molecule has 20 heavy (non-hydrogen) atoms. The van der Waals surface area contributed by atoms with E-state index in [1.54, 1.807) is 6.92 Å². The van der Waals surface area contributed by atoms with E-state index in [-0.39, 0.29) is 11.7 Å². The van der Waals surface area contributed by atoms with Gasteiger partial charge in [-0.15, -0.1) is 0 Å². The first kappa shape index (κ1) is 13.0. The van der Waals surface area contributed by atoms with Crippen molar-refractivity contribution >= 4 is 5.82 Å². The lowest BCUT2D eigenvalue weighted by Gasteiger charge is -2.18. The summed E-state index contributed by atoms with van der Waals surface area (Å²) in [5.74, 6) is 1.43. The average molecular weight is 277 g/mol. The lowest BCUT2D eigenvalue weighted by atomic mass is 10.1. The highest BCUT2D eigenvalue weighted by atomic mass is 19.1. The second kappa shape index (κ2) is 5.15. The Morgan fingerprint density at radius 2 is 2.30 bits per heavy atom. The van der Waals surface area contributed by atoms with Crippen LogP contribution in [0, 0.1) is 12.7 Å². The molecule has 0 N–H and O–H groups in total. The van der Waals surface area contributed by atoms with Crippen LogP contribution >= 0.6 is 0 Å². The minimum absolute atomic E-state index is 0.135. The topological polar surface area (TPSA) is 67.9 Å². The van der Waals surface area contributed by atoms with E-state index >= 15 is 0 Å². The number of aromatic nitrogens is 4. The van der Waals surface area contributed by atoms with Gasteiger partial charge in [-0.1, -0.05) is 12.1 Å². The Labute approximate surface area is 116 Å². The molecule has 3 rings (SSSR count). The molecule has 0 bridgehead atoms. The number of hydrogen-bond donors (Lipinski definition) is 0. The van der Waals surface area contributed by atoms with Gasteiger partial charge in [-0.3, -0.25) is 0 Å². The summed E-state index contributed by atoms with van der Waals surface area (Å²) in [5.41, 5.74) is 0.451. The predicted octanol–water partition coefficient (Wildman–Crippen LogP) is 1.86. The van der Waals surface area contributed by atoms with Gasteiger partial charge in [0.05, 0.1) is 11.6 Å². The second-order valence-corrected chi connectivity index (χ2v) is 4.92. The standard InChI is InChI=1S/C13H16FN5O/c1-3-10-11(14)12(16-7-15-10)19-5-4-9(6-19)13-17-8(2)18-20-13/h7,9H,3-6H2,1-2H3/t9-/m1/s1. The van der Waals surface area contributed by atoms with Crippen molar-refractivity contribution in [1.29, 1.82) is 0 Å². The van der Waals surface area contributed by atoms with Crippen LogP contribution in [0.4, 0.5) is 10.2 Å². The van der Waals surface area contributed by atoms with E-state index < -0.39 is 0 Å². The molecule has 1 atom stereocenters. The van der Waals surface area contributed by atoms with Crippen LogP contribution < -0.4 is 4.90 Å². The van der Waals surface area contributed by atoms with E-state index in [1.165, 1.54) is 6.33 Å². The average Bonchev–Trinajstić information content (AvgIpc) is 3.07. The number of rotatable bonds is 3. The Bertz CT molecular complexity index is 615. The number of nitrogens with zero attached hydrogens (tertiary/aromatic N) is 5. The van der Waals surface area contributed by atoms with Crippen molar-refractivity contribution in [2.75, 3.05) is 18.0 Å². The highest BCUT2D eigenvalue weighted by molar-refractivity contribution is 5.43. The van der Waals surface area contributed by atoms with Gasteiger partial charge in [0.25, 0.3) is 0 Å². The molecule has 0 spiro atoms. The normalized spacial score (nSPS) is 18.8. The monoisotopic (exact) mass is 277 g/mol. The van der Waals surface area contributed by atoms with E-state index in [2.05, 4.69) is 20.1 Å². The number of hydrogen-bond acceptors (Lipinski definition) is 6. The van der Waals surface area contributed by atoms with Gasteiger partial charge in [-0.2, -0.15) is 4.98 Å². The van der Waals surface area contributed by atoms with Gasteiger partial charge in [-0.25, -0.2) is 14.4 Å². The Kier molecular flexibility index (Phi) is 3.33. The SMILES string of the molecule is CCc1ncnc(N2CC[C@@H](c3nc(C)no3)C2)c1F. The van der Waals surface area contributed by atoms with E-state index in [9.17, 15) is 4.39 Å². The third kappa shape index (κ3) is 2.23. The highest BCUT2D eigenvalue weighted by Crippen LogP contribution is 2.30. The van der Waals surface area contributed by atoms with Crippen LogP contribution in [0.1, 0.15) is 36.7 Å². The quantitative estimate of drug-likeness (QED) is 0.853. The summed E-state index contributed by atoms with van der Waals surface area (Å²) in [4.78, 5) is 14.2. The molecule has 0 radical (unpaired) electrons. The van der Waals surface area contributed by atoms with Gasteiger partial charge in [0.2, 0.25) is 5.89 Å². The van der Waals surface area contributed by atoms with Gasteiger partial charge in [0.15, 0.2) is 17.5 Å². The molecular formula is C13H16FN5O. The summed E-state index contributed by atoms with van der Waals surface area (Å²) in [6, 6.07) is 0. The van der Waals surface area contributed by atoms with Gasteiger partial charge in [-0.05, 0) is 19.8 Å². The van der Waals surface area contributed by atoms with E-state index in [4.69, 9.17) is 4.52 Å². The largest absolute Gasteiger partial charge is 0.353 e. The predicted molar refractivity (Wildman–Crippen MR) is 70.0 cm³/mol. The van der Waals surface area contributed by atoms with Crippen LogP contribution in [0.25, 0.3) is 0 Å². The van der Waals surface area contributed by atoms with Gasteiger partial charge >= 0.3 is 0 Å². The summed E-state index contributed by atoms with van der Waals surface area (Å²) in [6.45, 7) is 5.03.